The monoisotopic (exact) mass is 306 g/mol. The van der Waals surface area contributed by atoms with Crippen molar-refractivity contribution in [2.75, 3.05) is 20.3 Å². The van der Waals surface area contributed by atoms with Gasteiger partial charge in [0.05, 0.1) is 7.11 Å². The lowest BCUT2D eigenvalue weighted by molar-refractivity contribution is 0.216. The summed E-state index contributed by atoms with van der Waals surface area (Å²) in [5.74, 6) is 2.35. The van der Waals surface area contributed by atoms with Crippen LogP contribution in [0.2, 0.25) is 5.02 Å². The number of rotatable bonds is 7. The van der Waals surface area contributed by atoms with E-state index in [1.54, 1.807) is 7.11 Å². The fraction of sp³-hybridized carbons (Fsp3) is 0.294. The average Bonchev–Trinajstić information content (AvgIpc) is 2.53. The molecular formula is C17H19ClO3. The van der Waals surface area contributed by atoms with Crippen molar-refractivity contribution in [1.82, 2.24) is 0 Å². The van der Waals surface area contributed by atoms with Crippen molar-refractivity contribution in [2.24, 2.45) is 0 Å². The molecule has 0 N–H and O–H groups in total. The molecule has 2 aromatic rings. The Kier molecular flexibility index (Phi) is 5.76. The maximum atomic E-state index is 6.07. The van der Waals surface area contributed by atoms with E-state index in [2.05, 4.69) is 6.92 Å². The van der Waals surface area contributed by atoms with Gasteiger partial charge in [-0.1, -0.05) is 24.6 Å². The topological polar surface area (TPSA) is 27.7 Å². The smallest absolute Gasteiger partial charge is 0.123 e. The minimum Gasteiger partial charge on any atom is -0.497 e. The van der Waals surface area contributed by atoms with Crippen molar-refractivity contribution in [3.63, 3.8) is 0 Å². The van der Waals surface area contributed by atoms with E-state index in [0.29, 0.717) is 13.2 Å². The zero-order chi connectivity index (χ0) is 15.1. The van der Waals surface area contributed by atoms with Gasteiger partial charge in [-0.2, -0.15) is 0 Å². The van der Waals surface area contributed by atoms with Crippen molar-refractivity contribution in [1.29, 1.82) is 0 Å². The fourth-order valence-electron chi connectivity index (χ4n) is 1.92. The first-order chi connectivity index (χ1) is 10.2. The minimum absolute atomic E-state index is 0.469. The van der Waals surface area contributed by atoms with E-state index in [9.17, 15) is 0 Å². The Morgan fingerprint density at radius 2 is 1.57 bits per heavy atom. The van der Waals surface area contributed by atoms with Crippen LogP contribution in [0.25, 0.3) is 0 Å². The van der Waals surface area contributed by atoms with Gasteiger partial charge in [0.25, 0.3) is 0 Å². The van der Waals surface area contributed by atoms with Crippen LogP contribution >= 0.6 is 11.6 Å². The Hall–Kier alpha value is -1.87. The predicted octanol–water partition coefficient (Wildman–Crippen LogP) is 4.37. The minimum atomic E-state index is 0.469. The van der Waals surface area contributed by atoms with Crippen molar-refractivity contribution < 1.29 is 14.2 Å². The Morgan fingerprint density at radius 3 is 2.24 bits per heavy atom. The Bertz CT molecular complexity index is 584. The molecule has 3 nitrogen and oxygen atoms in total. The second kappa shape index (κ2) is 7.79. The fourth-order valence-corrected chi connectivity index (χ4v) is 2.17. The highest BCUT2D eigenvalue weighted by Gasteiger charge is 2.02. The first kappa shape index (κ1) is 15.5. The SMILES string of the molecule is CCc1cc(OCCOc2cccc(OC)c2)ccc1Cl. The maximum absolute atomic E-state index is 6.07. The molecular weight excluding hydrogens is 288 g/mol. The summed E-state index contributed by atoms with van der Waals surface area (Å²) in [7, 11) is 1.63. The molecule has 2 rings (SSSR count). The summed E-state index contributed by atoms with van der Waals surface area (Å²) in [6.45, 7) is 3.01. The van der Waals surface area contributed by atoms with Crippen LogP contribution in [-0.4, -0.2) is 20.3 Å². The summed E-state index contributed by atoms with van der Waals surface area (Å²) in [5.41, 5.74) is 1.09. The molecule has 0 bridgehead atoms. The van der Waals surface area contributed by atoms with E-state index in [1.807, 2.05) is 42.5 Å². The van der Waals surface area contributed by atoms with Crippen molar-refractivity contribution >= 4 is 11.6 Å². The first-order valence-corrected chi connectivity index (χ1v) is 7.28. The number of halogens is 1. The van der Waals surface area contributed by atoms with E-state index in [4.69, 9.17) is 25.8 Å². The molecule has 0 saturated heterocycles. The second-order valence-corrected chi connectivity index (χ2v) is 4.89. The molecule has 0 aromatic heterocycles. The molecule has 0 aliphatic rings. The molecule has 0 saturated carbocycles. The average molecular weight is 307 g/mol. The molecule has 0 spiro atoms. The van der Waals surface area contributed by atoms with Crippen LogP contribution in [0.1, 0.15) is 12.5 Å². The molecule has 0 aliphatic carbocycles. The normalized spacial score (nSPS) is 10.2. The Labute approximate surface area is 130 Å². The third-order valence-electron chi connectivity index (χ3n) is 3.06. The van der Waals surface area contributed by atoms with Crippen LogP contribution < -0.4 is 14.2 Å². The maximum Gasteiger partial charge on any atom is 0.123 e. The lowest BCUT2D eigenvalue weighted by Crippen LogP contribution is -2.09. The van der Waals surface area contributed by atoms with E-state index in [-0.39, 0.29) is 0 Å². The van der Waals surface area contributed by atoms with Gasteiger partial charge in [0.15, 0.2) is 0 Å². The molecule has 21 heavy (non-hydrogen) atoms. The van der Waals surface area contributed by atoms with Crippen molar-refractivity contribution in [3.05, 3.63) is 53.1 Å². The van der Waals surface area contributed by atoms with E-state index < -0.39 is 0 Å². The zero-order valence-electron chi connectivity index (χ0n) is 12.3. The molecule has 0 radical (unpaired) electrons. The molecule has 0 amide bonds. The van der Waals surface area contributed by atoms with Crippen LogP contribution in [0.3, 0.4) is 0 Å². The summed E-state index contributed by atoms with van der Waals surface area (Å²) < 4.78 is 16.4. The largest absolute Gasteiger partial charge is 0.497 e. The molecule has 0 heterocycles. The molecule has 112 valence electrons. The quantitative estimate of drug-likeness (QED) is 0.711. The summed E-state index contributed by atoms with van der Waals surface area (Å²) in [6.07, 6.45) is 0.885. The third kappa shape index (κ3) is 4.57. The van der Waals surface area contributed by atoms with Gasteiger partial charge >= 0.3 is 0 Å². The van der Waals surface area contributed by atoms with Crippen LogP contribution in [-0.2, 0) is 6.42 Å². The number of methoxy groups -OCH3 is 1. The zero-order valence-corrected chi connectivity index (χ0v) is 13.0. The van der Waals surface area contributed by atoms with Crippen molar-refractivity contribution in [3.8, 4) is 17.2 Å². The first-order valence-electron chi connectivity index (χ1n) is 6.91. The summed E-state index contributed by atoms with van der Waals surface area (Å²) >= 11 is 6.07. The number of hydrogen-bond acceptors (Lipinski definition) is 3. The van der Waals surface area contributed by atoms with Crippen LogP contribution in [0.5, 0.6) is 17.2 Å². The van der Waals surface area contributed by atoms with Crippen molar-refractivity contribution in [2.45, 2.75) is 13.3 Å². The molecule has 0 aliphatic heterocycles. The summed E-state index contributed by atoms with van der Waals surface area (Å²) in [4.78, 5) is 0. The lowest BCUT2D eigenvalue weighted by atomic mass is 10.1. The number of aryl methyl sites for hydroxylation is 1. The highest BCUT2D eigenvalue weighted by atomic mass is 35.5. The van der Waals surface area contributed by atoms with Gasteiger partial charge in [0, 0.05) is 11.1 Å². The van der Waals surface area contributed by atoms with Crippen LogP contribution in [0, 0.1) is 0 Å². The number of ether oxygens (including phenoxy) is 3. The van der Waals surface area contributed by atoms with Gasteiger partial charge in [-0.25, -0.2) is 0 Å². The number of hydrogen-bond donors (Lipinski definition) is 0. The van der Waals surface area contributed by atoms with E-state index in [0.717, 1.165) is 34.3 Å². The van der Waals surface area contributed by atoms with Gasteiger partial charge in [-0.05, 0) is 42.3 Å². The van der Waals surface area contributed by atoms with Gasteiger partial charge in [-0.15, -0.1) is 0 Å². The number of benzene rings is 2. The van der Waals surface area contributed by atoms with E-state index >= 15 is 0 Å². The van der Waals surface area contributed by atoms with Gasteiger partial charge in [0.2, 0.25) is 0 Å². The van der Waals surface area contributed by atoms with Gasteiger partial charge in [0.1, 0.15) is 30.5 Å². The Morgan fingerprint density at radius 1 is 0.905 bits per heavy atom. The van der Waals surface area contributed by atoms with Crippen LogP contribution in [0.15, 0.2) is 42.5 Å². The second-order valence-electron chi connectivity index (χ2n) is 4.48. The summed E-state index contributed by atoms with van der Waals surface area (Å²) in [5, 5.41) is 0.775. The third-order valence-corrected chi connectivity index (χ3v) is 3.43. The van der Waals surface area contributed by atoms with Crippen LogP contribution in [0.4, 0.5) is 0 Å². The molecule has 0 atom stereocenters. The summed E-state index contributed by atoms with van der Waals surface area (Å²) in [6, 6.07) is 13.2. The van der Waals surface area contributed by atoms with Gasteiger partial charge in [-0.3, -0.25) is 0 Å². The lowest BCUT2D eigenvalue weighted by Gasteiger charge is -2.10. The predicted molar refractivity (Wildman–Crippen MR) is 84.8 cm³/mol. The van der Waals surface area contributed by atoms with Gasteiger partial charge < -0.3 is 14.2 Å². The molecule has 0 unspecified atom stereocenters. The highest BCUT2D eigenvalue weighted by molar-refractivity contribution is 6.31. The standard InChI is InChI=1S/C17H19ClO3/c1-3-13-11-16(7-8-17(13)18)21-10-9-20-15-6-4-5-14(12-15)19-2/h4-8,11-12H,3,9-10H2,1-2H3. The molecule has 0 fully saturated rings. The van der Waals surface area contributed by atoms with E-state index in [1.165, 1.54) is 0 Å². The Balaban J connectivity index is 1.81. The highest BCUT2D eigenvalue weighted by Crippen LogP contribution is 2.22. The molecule has 2 aromatic carbocycles. The molecule has 4 heteroatoms.